The summed E-state index contributed by atoms with van der Waals surface area (Å²) in [7, 11) is 0. The molecule has 29 heavy (non-hydrogen) atoms. The first-order chi connectivity index (χ1) is 13.9. The number of aromatic nitrogens is 2. The predicted octanol–water partition coefficient (Wildman–Crippen LogP) is 1.94. The SMILES string of the molecule is Cc1cnn(CCC(=O)N2CCC(N3CCC(CC4CC4)(C(N)=O)CC3)CC2)c1. The number of hydrogen-bond acceptors (Lipinski definition) is 4. The van der Waals surface area contributed by atoms with Crippen molar-refractivity contribution in [3.05, 3.63) is 18.0 Å². The fourth-order valence-electron chi connectivity index (χ4n) is 5.18. The topological polar surface area (TPSA) is 84.5 Å². The maximum atomic E-state index is 12.5. The van der Waals surface area contributed by atoms with Gasteiger partial charge in [0.15, 0.2) is 0 Å². The summed E-state index contributed by atoms with van der Waals surface area (Å²) in [6, 6.07) is 0.527. The van der Waals surface area contributed by atoms with Crippen LogP contribution in [0.1, 0.15) is 56.9 Å². The number of nitrogens with two attached hydrogens (primary N) is 1. The van der Waals surface area contributed by atoms with Crippen LogP contribution >= 0.6 is 0 Å². The molecule has 2 amide bonds. The van der Waals surface area contributed by atoms with Gasteiger partial charge in [0.05, 0.1) is 11.6 Å². The highest BCUT2D eigenvalue weighted by atomic mass is 16.2. The Labute approximate surface area is 173 Å². The predicted molar refractivity (Wildman–Crippen MR) is 111 cm³/mol. The van der Waals surface area contributed by atoms with Crippen molar-refractivity contribution in [3.8, 4) is 0 Å². The molecule has 0 atom stereocenters. The lowest BCUT2D eigenvalue weighted by atomic mass is 9.73. The highest BCUT2D eigenvalue weighted by Crippen LogP contribution is 2.46. The second-order valence-electron chi connectivity index (χ2n) is 9.47. The molecule has 2 N–H and O–H groups in total. The number of carbonyl (C=O) groups excluding carboxylic acids is 2. The van der Waals surface area contributed by atoms with Gasteiger partial charge in [-0.25, -0.2) is 0 Å². The van der Waals surface area contributed by atoms with Crippen LogP contribution < -0.4 is 5.73 Å². The van der Waals surface area contributed by atoms with Crippen molar-refractivity contribution in [2.24, 2.45) is 17.1 Å². The standard InChI is InChI=1S/C22H35N5O2/c1-17-15-24-27(16-17)11-6-20(28)26-9-4-19(5-10-26)25-12-7-22(8-13-25,21(23)29)14-18-2-3-18/h15-16,18-19H,2-14H2,1H3,(H2,23,29). The van der Waals surface area contributed by atoms with Crippen LogP contribution in [0.3, 0.4) is 0 Å². The Morgan fingerprint density at radius 2 is 1.83 bits per heavy atom. The molecular formula is C22H35N5O2. The Kier molecular flexibility index (Phi) is 5.95. The molecule has 0 unspecified atom stereocenters. The van der Waals surface area contributed by atoms with Crippen molar-refractivity contribution < 1.29 is 9.59 Å². The Morgan fingerprint density at radius 1 is 1.14 bits per heavy atom. The maximum absolute atomic E-state index is 12.5. The average molecular weight is 402 g/mol. The summed E-state index contributed by atoms with van der Waals surface area (Å²) < 4.78 is 1.85. The van der Waals surface area contributed by atoms with Crippen LogP contribution in [-0.4, -0.2) is 63.6 Å². The number of nitrogens with zero attached hydrogens (tertiary/aromatic N) is 4. The molecule has 0 radical (unpaired) electrons. The summed E-state index contributed by atoms with van der Waals surface area (Å²) in [5.74, 6) is 0.873. The summed E-state index contributed by atoms with van der Waals surface area (Å²) in [5, 5.41) is 4.26. The Morgan fingerprint density at radius 3 is 2.38 bits per heavy atom. The first-order valence-electron chi connectivity index (χ1n) is 11.3. The summed E-state index contributed by atoms with van der Waals surface area (Å²) in [6.45, 7) is 6.26. The Bertz CT molecular complexity index is 725. The van der Waals surface area contributed by atoms with Gasteiger partial charge >= 0.3 is 0 Å². The van der Waals surface area contributed by atoms with Crippen molar-refractivity contribution in [1.29, 1.82) is 0 Å². The van der Waals surface area contributed by atoms with E-state index in [9.17, 15) is 9.59 Å². The third-order valence-corrected chi connectivity index (χ3v) is 7.30. The van der Waals surface area contributed by atoms with Crippen LogP contribution in [0, 0.1) is 18.3 Å². The number of carbonyl (C=O) groups is 2. The van der Waals surface area contributed by atoms with E-state index < -0.39 is 0 Å². The summed E-state index contributed by atoms with van der Waals surface area (Å²) in [4.78, 5) is 29.3. The van der Waals surface area contributed by atoms with Crippen molar-refractivity contribution in [1.82, 2.24) is 19.6 Å². The molecule has 4 rings (SSSR count). The van der Waals surface area contributed by atoms with Crippen molar-refractivity contribution in [2.75, 3.05) is 26.2 Å². The normalized spacial score (nSPS) is 23.3. The number of rotatable bonds is 7. The van der Waals surface area contributed by atoms with E-state index in [1.54, 1.807) is 0 Å². The second kappa shape index (κ2) is 8.46. The van der Waals surface area contributed by atoms with Crippen LogP contribution in [0.25, 0.3) is 0 Å². The molecule has 1 saturated carbocycles. The fraction of sp³-hybridized carbons (Fsp3) is 0.773. The first kappa shape index (κ1) is 20.4. The average Bonchev–Trinajstić information content (AvgIpc) is 3.44. The zero-order valence-corrected chi connectivity index (χ0v) is 17.7. The third kappa shape index (κ3) is 4.82. The molecule has 7 heteroatoms. The molecular weight excluding hydrogens is 366 g/mol. The molecule has 1 aromatic rings. The lowest BCUT2D eigenvalue weighted by Crippen LogP contribution is -2.53. The van der Waals surface area contributed by atoms with Crippen LogP contribution in [0.4, 0.5) is 0 Å². The van der Waals surface area contributed by atoms with E-state index in [1.165, 1.54) is 12.8 Å². The first-order valence-corrected chi connectivity index (χ1v) is 11.3. The Hall–Kier alpha value is -1.89. The van der Waals surface area contributed by atoms with E-state index in [1.807, 2.05) is 28.9 Å². The summed E-state index contributed by atoms with van der Waals surface area (Å²) >= 11 is 0. The van der Waals surface area contributed by atoms with Gasteiger partial charge in [-0.05, 0) is 63.6 Å². The number of piperidine rings is 2. The third-order valence-electron chi connectivity index (χ3n) is 7.30. The molecule has 160 valence electrons. The number of aryl methyl sites for hydroxylation is 2. The van der Waals surface area contributed by atoms with Gasteiger partial charge in [-0.15, -0.1) is 0 Å². The van der Waals surface area contributed by atoms with E-state index in [4.69, 9.17) is 5.73 Å². The largest absolute Gasteiger partial charge is 0.369 e. The lowest BCUT2D eigenvalue weighted by molar-refractivity contribution is -0.135. The summed E-state index contributed by atoms with van der Waals surface area (Å²) in [6.07, 6.45) is 11.7. The molecule has 0 spiro atoms. The van der Waals surface area contributed by atoms with Gasteiger partial charge in [0.1, 0.15) is 0 Å². The number of primary amides is 1. The molecule has 1 aliphatic carbocycles. The van der Waals surface area contributed by atoms with Crippen molar-refractivity contribution >= 4 is 11.8 Å². The maximum Gasteiger partial charge on any atom is 0.224 e. The van der Waals surface area contributed by atoms with Gasteiger partial charge in [-0.3, -0.25) is 14.3 Å². The van der Waals surface area contributed by atoms with Crippen molar-refractivity contribution in [2.45, 2.75) is 70.9 Å². The van der Waals surface area contributed by atoms with Crippen LogP contribution in [0.2, 0.25) is 0 Å². The van der Waals surface area contributed by atoms with E-state index in [0.29, 0.717) is 19.0 Å². The molecule has 3 fully saturated rings. The lowest BCUT2D eigenvalue weighted by Gasteiger charge is -2.45. The van der Waals surface area contributed by atoms with Crippen molar-refractivity contribution in [3.63, 3.8) is 0 Å². The van der Waals surface area contributed by atoms with Gasteiger partial charge in [0.25, 0.3) is 0 Å². The molecule has 2 saturated heterocycles. The molecule has 3 aliphatic rings. The number of likely N-dealkylation sites (tertiary alicyclic amines) is 2. The monoisotopic (exact) mass is 401 g/mol. The zero-order valence-electron chi connectivity index (χ0n) is 17.7. The quantitative estimate of drug-likeness (QED) is 0.757. The highest BCUT2D eigenvalue weighted by molar-refractivity contribution is 5.81. The zero-order chi connectivity index (χ0) is 20.4. The Balaban J connectivity index is 1.21. The van der Waals surface area contributed by atoms with E-state index in [2.05, 4.69) is 10.00 Å². The summed E-state index contributed by atoms with van der Waals surface area (Å²) in [5.41, 5.74) is 6.68. The molecule has 3 heterocycles. The molecule has 2 aliphatic heterocycles. The minimum Gasteiger partial charge on any atom is -0.369 e. The minimum atomic E-state index is -0.265. The molecule has 7 nitrogen and oxygen atoms in total. The second-order valence-corrected chi connectivity index (χ2v) is 9.47. The molecule has 1 aromatic heterocycles. The van der Waals surface area contributed by atoms with E-state index >= 15 is 0 Å². The fourth-order valence-corrected chi connectivity index (χ4v) is 5.18. The highest BCUT2D eigenvalue weighted by Gasteiger charge is 2.44. The van der Waals surface area contributed by atoms with Crippen LogP contribution in [0.5, 0.6) is 0 Å². The minimum absolute atomic E-state index is 0.0863. The van der Waals surface area contributed by atoms with E-state index in [-0.39, 0.29) is 17.2 Å². The molecule has 0 bridgehead atoms. The number of hydrogen-bond donors (Lipinski definition) is 1. The van der Waals surface area contributed by atoms with Gasteiger partial charge in [-0.1, -0.05) is 12.8 Å². The van der Waals surface area contributed by atoms with Crippen LogP contribution in [-0.2, 0) is 16.1 Å². The number of amides is 2. The van der Waals surface area contributed by atoms with Gasteiger partial charge in [0.2, 0.25) is 11.8 Å². The van der Waals surface area contributed by atoms with E-state index in [0.717, 1.165) is 69.8 Å². The molecule has 0 aromatic carbocycles. The smallest absolute Gasteiger partial charge is 0.224 e. The van der Waals surface area contributed by atoms with Gasteiger partial charge < -0.3 is 15.5 Å². The van der Waals surface area contributed by atoms with Gasteiger partial charge in [0, 0.05) is 38.3 Å². The van der Waals surface area contributed by atoms with Crippen LogP contribution in [0.15, 0.2) is 12.4 Å². The van der Waals surface area contributed by atoms with Gasteiger partial charge in [-0.2, -0.15) is 5.10 Å².